The molecule has 5 nitrogen and oxygen atoms in total. The van der Waals surface area contributed by atoms with E-state index in [1.807, 2.05) is 18.5 Å². The zero-order valence-electron chi connectivity index (χ0n) is 16.1. The smallest absolute Gasteiger partial charge is 0.191 e. The summed E-state index contributed by atoms with van der Waals surface area (Å²) in [6.45, 7) is 6.98. The highest BCUT2D eigenvalue weighted by Gasteiger charge is 2.05. The number of benzene rings is 1. The van der Waals surface area contributed by atoms with Crippen molar-refractivity contribution in [2.45, 2.75) is 46.2 Å². The van der Waals surface area contributed by atoms with Gasteiger partial charge in [0.05, 0.1) is 6.54 Å². The Morgan fingerprint density at radius 1 is 1.15 bits per heavy atom. The number of nitrogens with one attached hydrogen (secondary N) is 2. The van der Waals surface area contributed by atoms with E-state index in [1.54, 1.807) is 7.05 Å². The van der Waals surface area contributed by atoms with Crippen LogP contribution in [-0.4, -0.2) is 29.1 Å². The lowest BCUT2D eigenvalue weighted by atomic mass is 10.1. The normalized spacial score (nSPS) is 11.3. The Hall–Kier alpha value is -1.57. The van der Waals surface area contributed by atoms with Crippen LogP contribution in [0.25, 0.3) is 0 Å². The average Bonchev–Trinajstić information content (AvgIpc) is 3.05. The predicted octanol–water partition coefficient (Wildman–Crippen LogP) is 4.04. The van der Waals surface area contributed by atoms with Crippen LogP contribution in [0.1, 0.15) is 44.5 Å². The first kappa shape index (κ1) is 22.5. The summed E-state index contributed by atoms with van der Waals surface area (Å²) in [7, 11) is 1.81. The maximum absolute atomic E-state index is 4.47. The summed E-state index contributed by atoms with van der Waals surface area (Å²) in [6, 6.07) is 10.4. The van der Waals surface area contributed by atoms with Crippen molar-refractivity contribution >= 4 is 29.9 Å². The monoisotopic (exact) mass is 469 g/mol. The number of imidazole rings is 1. The standard InChI is InChI=1S/C20H31N5.HI/c1-17(2)9-7-8-12-23-20(21-3)24-15-19-22-13-14-25(19)16-18-10-5-4-6-11-18;/h4-6,10-11,13-14,17H,7-9,12,15-16H2,1-3H3,(H2,21,23,24);1H. The molecule has 0 radical (unpaired) electrons. The molecule has 0 saturated heterocycles. The van der Waals surface area contributed by atoms with Crippen molar-refractivity contribution in [3.05, 3.63) is 54.1 Å². The van der Waals surface area contributed by atoms with Crippen molar-refractivity contribution in [3.63, 3.8) is 0 Å². The van der Waals surface area contributed by atoms with E-state index < -0.39 is 0 Å². The number of rotatable bonds is 9. The minimum Gasteiger partial charge on any atom is -0.356 e. The summed E-state index contributed by atoms with van der Waals surface area (Å²) in [5.41, 5.74) is 1.27. The molecule has 2 aromatic rings. The van der Waals surface area contributed by atoms with Crippen LogP contribution in [0.4, 0.5) is 0 Å². The second-order valence-electron chi connectivity index (χ2n) is 6.70. The molecule has 26 heavy (non-hydrogen) atoms. The van der Waals surface area contributed by atoms with Crippen molar-refractivity contribution in [1.82, 2.24) is 20.2 Å². The molecule has 0 aliphatic rings. The number of nitrogens with zero attached hydrogens (tertiary/aromatic N) is 3. The third-order valence-electron chi connectivity index (χ3n) is 4.14. The van der Waals surface area contributed by atoms with Gasteiger partial charge in [0, 0.05) is 32.5 Å². The summed E-state index contributed by atoms with van der Waals surface area (Å²) in [4.78, 5) is 8.76. The third kappa shape index (κ3) is 8.21. The Balaban J connectivity index is 0.00000338. The van der Waals surface area contributed by atoms with Gasteiger partial charge >= 0.3 is 0 Å². The van der Waals surface area contributed by atoms with Crippen molar-refractivity contribution in [2.24, 2.45) is 10.9 Å². The highest BCUT2D eigenvalue weighted by atomic mass is 127. The molecule has 0 bridgehead atoms. The molecule has 1 aromatic carbocycles. The maximum Gasteiger partial charge on any atom is 0.191 e. The number of halogens is 1. The van der Waals surface area contributed by atoms with Crippen molar-refractivity contribution in [3.8, 4) is 0 Å². The topological polar surface area (TPSA) is 54.2 Å². The van der Waals surface area contributed by atoms with Crippen LogP contribution in [-0.2, 0) is 13.1 Å². The molecular weight excluding hydrogens is 437 g/mol. The highest BCUT2D eigenvalue weighted by molar-refractivity contribution is 14.0. The second kappa shape index (κ2) is 12.7. The molecule has 0 fully saturated rings. The molecule has 0 unspecified atom stereocenters. The lowest BCUT2D eigenvalue weighted by Gasteiger charge is -2.13. The van der Waals surface area contributed by atoms with Crippen LogP contribution in [0.5, 0.6) is 0 Å². The molecule has 2 N–H and O–H groups in total. The van der Waals surface area contributed by atoms with E-state index in [4.69, 9.17) is 0 Å². The first-order valence-electron chi connectivity index (χ1n) is 9.17. The zero-order chi connectivity index (χ0) is 17.9. The van der Waals surface area contributed by atoms with Crippen LogP contribution < -0.4 is 10.6 Å². The number of aromatic nitrogens is 2. The molecule has 2 rings (SSSR count). The predicted molar refractivity (Wildman–Crippen MR) is 120 cm³/mol. The highest BCUT2D eigenvalue weighted by Crippen LogP contribution is 2.06. The second-order valence-corrected chi connectivity index (χ2v) is 6.70. The summed E-state index contributed by atoms with van der Waals surface area (Å²) >= 11 is 0. The number of hydrogen-bond acceptors (Lipinski definition) is 2. The Morgan fingerprint density at radius 3 is 2.62 bits per heavy atom. The van der Waals surface area contributed by atoms with Crippen LogP contribution in [0.2, 0.25) is 0 Å². The number of guanidine groups is 1. The van der Waals surface area contributed by atoms with Crippen LogP contribution >= 0.6 is 24.0 Å². The van der Waals surface area contributed by atoms with E-state index in [9.17, 15) is 0 Å². The minimum absolute atomic E-state index is 0. The fourth-order valence-corrected chi connectivity index (χ4v) is 2.70. The van der Waals surface area contributed by atoms with Gasteiger partial charge in [-0.3, -0.25) is 4.99 Å². The van der Waals surface area contributed by atoms with Gasteiger partial charge in [0.1, 0.15) is 5.82 Å². The molecule has 0 aliphatic heterocycles. The summed E-state index contributed by atoms with van der Waals surface area (Å²) in [5, 5.41) is 6.73. The largest absolute Gasteiger partial charge is 0.356 e. The van der Waals surface area contributed by atoms with Gasteiger partial charge in [-0.05, 0) is 17.9 Å². The Bertz CT molecular complexity index is 637. The molecular formula is C20H32IN5. The fraction of sp³-hybridized carbons (Fsp3) is 0.500. The average molecular weight is 469 g/mol. The van der Waals surface area contributed by atoms with E-state index in [0.29, 0.717) is 6.54 Å². The van der Waals surface area contributed by atoms with E-state index >= 15 is 0 Å². The van der Waals surface area contributed by atoms with E-state index in [-0.39, 0.29) is 24.0 Å². The molecule has 6 heteroatoms. The number of unbranched alkanes of at least 4 members (excludes halogenated alkanes) is 1. The molecule has 0 saturated carbocycles. The maximum atomic E-state index is 4.47. The molecule has 144 valence electrons. The van der Waals surface area contributed by atoms with Crippen LogP contribution in [0, 0.1) is 5.92 Å². The Morgan fingerprint density at radius 2 is 1.92 bits per heavy atom. The van der Waals surface area contributed by atoms with E-state index in [1.165, 1.54) is 24.8 Å². The summed E-state index contributed by atoms with van der Waals surface area (Å²) in [5.74, 6) is 2.62. The molecule has 1 heterocycles. The van der Waals surface area contributed by atoms with Gasteiger partial charge in [-0.15, -0.1) is 24.0 Å². The van der Waals surface area contributed by atoms with E-state index in [2.05, 4.69) is 63.3 Å². The first-order chi connectivity index (χ1) is 12.2. The van der Waals surface area contributed by atoms with Crippen LogP contribution in [0.15, 0.2) is 47.7 Å². The van der Waals surface area contributed by atoms with Gasteiger partial charge in [-0.1, -0.05) is 57.0 Å². The quantitative estimate of drug-likeness (QED) is 0.252. The van der Waals surface area contributed by atoms with Gasteiger partial charge in [-0.25, -0.2) is 4.98 Å². The van der Waals surface area contributed by atoms with Crippen molar-refractivity contribution in [1.29, 1.82) is 0 Å². The van der Waals surface area contributed by atoms with Gasteiger partial charge < -0.3 is 15.2 Å². The van der Waals surface area contributed by atoms with Gasteiger partial charge in [0.15, 0.2) is 5.96 Å². The number of hydrogen-bond donors (Lipinski definition) is 2. The summed E-state index contributed by atoms with van der Waals surface area (Å²) < 4.78 is 2.16. The lowest BCUT2D eigenvalue weighted by molar-refractivity contribution is 0.534. The van der Waals surface area contributed by atoms with Gasteiger partial charge in [0.2, 0.25) is 0 Å². The molecule has 0 atom stereocenters. The van der Waals surface area contributed by atoms with Gasteiger partial charge in [0.25, 0.3) is 0 Å². The van der Waals surface area contributed by atoms with Crippen molar-refractivity contribution < 1.29 is 0 Å². The van der Waals surface area contributed by atoms with Crippen LogP contribution in [0.3, 0.4) is 0 Å². The molecule has 0 spiro atoms. The third-order valence-corrected chi connectivity index (χ3v) is 4.14. The molecule has 1 aromatic heterocycles. The Kier molecular flexibility index (Phi) is 11.0. The van der Waals surface area contributed by atoms with E-state index in [0.717, 1.165) is 30.8 Å². The summed E-state index contributed by atoms with van der Waals surface area (Å²) in [6.07, 6.45) is 7.57. The fourth-order valence-electron chi connectivity index (χ4n) is 2.70. The Labute approximate surface area is 174 Å². The van der Waals surface area contributed by atoms with Gasteiger partial charge in [-0.2, -0.15) is 0 Å². The van der Waals surface area contributed by atoms with Crippen molar-refractivity contribution in [2.75, 3.05) is 13.6 Å². The molecule has 0 aliphatic carbocycles. The zero-order valence-corrected chi connectivity index (χ0v) is 18.4. The number of aliphatic imine (C=N–C) groups is 1. The first-order valence-corrected chi connectivity index (χ1v) is 9.17. The molecule has 0 amide bonds. The SMILES string of the molecule is CN=C(NCCCCC(C)C)NCc1nccn1Cc1ccccc1.I. The minimum atomic E-state index is 0. The lowest BCUT2D eigenvalue weighted by Crippen LogP contribution is -2.37.